The number of hydrogen-bond acceptors (Lipinski definition) is 3. The van der Waals surface area contributed by atoms with E-state index < -0.39 is 11.6 Å². The van der Waals surface area contributed by atoms with E-state index in [9.17, 15) is 9.59 Å². The molecule has 3 rings (SSSR count). The normalized spacial score (nSPS) is 12.1. The van der Waals surface area contributed by atoms with E-state index >= 15 is 0 Å². The Hall–Kier alpha value is -2.54. The van der Waals surface area contributed by atoms with Crippen molar-refractivity contribution in [3.05, 3.63) is 98.4 Å². The maximum atomic E-state index is 13.6. The van der Waals surface area contributed by atoms with Crippen LogP contribution in [0.3, 0.4) is 0 Å². The SMILES string of the molecule is CC(C)(C)NC(=O)[C@H](Cc1ccccc1)N(Cc1ccc(Cl)c(Cl)c1)C(=O)COc1ccc(Br)cc1. The second kappa shape index (κ2) is 12.6. The largest absolute Gasteiger partial charge is 0.484 e. The van der Waals surface area contributed by atoms with Crippen LogP contribution in [-0.4, -0.2) is 34.9 Å². The molecule has 0 saturated heterocycles. The quantitative estimate of drug-likeness (QED) is 0.302. The summed E-state index contributed by atoms with van der Waals surface area (Å²) in [7, 11) is 0. The van der Waals surface area contributed by atoms with Crippen LogP contribution < -0.4 is 10.1 Å². The van der Waals surface area contributed by atoms with Crippen molar-refractivity contribution in [3.63, 3.8) is 0 Å². The minimum absolute atomic E-state index is 0.161. The number of nitrogens with one attached hydrogen (secondary N) is 1. The molecule has 0 fully saturated rings. The third kappa shape index (κ3) is 8.54. The Morgan fingerprint density at radius 2 is 1.61 bits per heavy atom. The molecule has 3 aromatic carbocycles. The van der Waals surface area contributed by atoms with Crippen molar-refractivity contribution >= 4 is 50.9 Å². The van der Waals surface area contributed by atoms with E-state index in [0.29, 0.717) is 22.2 Å². The molecule has 0 aromatic heterocycles. The summed E-state index contributed by atoms with van der Waals surface area (Å²) in [5, 5.41) is 3.84. The summed E-state index contributed by atoms with van der Waals surface area (Å²) in [6, 6.07) is 21.3. The minimum atomic E-state index is -0.776. The third-order valence-corrected chi connectivity index (χ3v) is 6.55. The first kappa shape index (κ1) is 28.0. The molecular formula is C28H29BrCl2N2O3. The Morgan fingerprint density at radius 3 is 2.22 bits per heavy atom. The molecule has 8 heteroatoms. The lowest BCUT2D eigenvalue weighted by Crippen LogP contribution is -2.55. The topological polar surface area (TPSA) is 58.6 Å². The molecule has 0 radical (unpaired) electrons. The van der Waals surface area contributed by atoms with Crippen LogP contribution >= 0.6 is 39.1 Å². The Kier molecular flexibility index (Phi) is 9.83. The molecule has 0 aliphatic heterocycles. The summed E-state index contributed by atoms with van der Waals surface area (Å²) in [5.41, 5.74) is 1.22. The fraction of sp³-hybridized carbons (Fsp3) is 0.286. The fourth-order valence-corrected chi connectivity index (χ4v) is 4.19. The van der Waals surface area contributed by atoms with Gasteiger partial charge in [0.25, 0.3) is 5.91 Å². The monoisotopic (exact) mass is 590 g/mol. The lowest BCUT2D eigenvalue weighted by atomic mass is 10.0. The van der Waals surface area contributed by atoms with Crippen molar-refractivity contribution in [2.24, 2.45) is 0 Å². The number of carbonyl (C=O) groups is 2. The summed E-state index contributed by atoms with van der Waals surface area (Å²) < 4.78 is 6.68. The van der Waals surface area contributed by atoms with E-state index in [1.165, 1.54) is 0 Å². The van der Waals surface area contributed by atoms with Crippen LogP contribution in [0.25, 0.3) is 0 Å². The lowest BCUT2D eigenvalue weighted by Gasteiger charge is -2.33. The number of nitrogens with zero attached hydrogens (tertiary/aromatic N) is 1. The van der Waals surface area contributed by atoms with Crippen molar-refractivity contribution < 1.29 is 14.3 Å². The highest BCUT2D eigenvalue weighted by atomic mass is 79.9. The molecule has 0 heterocycles. The third-order valence-electron chi connectivity index (χ3n) is 5.28. The molecule has 36 heavy (non-hydrogen) atoms. The second-order valence-corrected chi connectivity index (χ2v) is 11.2. The van der Waals surface area contributed by atoms with Crippen LogP contribution in [0.2, 0.25) is 10.0 Å². The van der Waals surface area contributed by atoms with Gasteiger partial charge in [-0.15, -0.1) is 0 Å². The summed E-state index contributed by atoms with van der Waals surface area (Å²) in [5.74, 6) is -0.0165. The van der Waals surface area contributed by atoms with Crippen molar-refractivity contribution in [2.45, 2.75) is 45.3 Å². The second-order valence-electron chi connectivity index (χ2n) is 9.46. The Balaban J connectivity index is 1.94. The van der Waals surface area contributed by atoms with Gasteiger partial charge in [0.1, 0.15) is 11.8 Å². The standard InChI is InChI=1S/C28H29BrCl2N2O3/c1-28(2,3)32-27(35)25(16-19-7-5-4-6-8-19)33(17-20-9-14-23(30)24(31)15-20)26(34)18-36-22-12-10-21(29)11-13-22/h4-15,25H,16-18H2,1-3H3,(H,32,35)/t25-/m0/s1. The molecule has 1 N–H and O–H groups in total. The minimum Gasteiger partial charge on any atom is -0.484 e. The molecular weight excluding hydrogens is 563 g/mol. The van der Waals surface area contributed by atoms with Gasteiger partial charge < -0.3 is 15.0 Å². The molecule has 0 bridgehead atoms. The maximum absolute atomic E-state index is 13.6. The predicted molar refractivity (Wildman–Crippen MR) is 148 cm³/mol. The van der Waals surface area contributed by atoms with Crippen LogP contribution in [0.15, 0.2) is 77.3 Å². The van der Waals surface area contributed by atoms with Gasteiger partial charge in [-0.3, -0.25) is 9.59 Å². The van der Waals surface area contributed by atoms with Gasteiger partial charge >= 0.3 is 0 Å². The summed E-state index contributed by atoms with van der Waals surface area (Å²) in [4.78, 5) is 28.7. The van der Waals surface area contributed by atoms with Gasteiger partial charge in [-0.2, -0.15) is 0 Å². The van der Waals surface area contributed by atoms with Gasteiger partial charge in [-0.1, -0.05) is 75.5 Å². The summed E-state index contributed by atoms with van der Waals surface area (Å²) >= 11 is 15.7. The molecule has 3 aromatic rings. The van der Waals surface area contributed by atoms with E-state index in [1.807, 2.05) is 63.2 Å². The molecule has 2 amide bonds. The number of hydrogen-bond donors (Lipinski definition) is 1. The highest BCUT2D eigenvalue weighted by Gasteiger charge is 2.32. The average molecular weight is 592 g/mol. The van der Waals surface area contributed by atoms with Crippen LogP contribution in [-0.2, 0) is 22.6 Å². The molecule has 5 nitrogen and oxygen atoms in total. The number of rotatable bonds is 9. The van der Waals surface area contributed by atoms with Crippen molar-refractivity contribution in [1.29, 1.82) is 0 Å². The Labute approximate surface area is 230 Å². The van der Waals surface area contributed by atoms with Crippen LogP contribution in [0.1, 0.15) is 31.9 Å². The van der Waals surface area contributed by atoms with Crippen molar-refractivity contribution in [3.8, 4) is 5.75 Å². The molecule has 0 spiro atoms. The first-order chi connectivity index (χ1) is 17.0. The first-order valence-corrected chi connectivity index (χ1v) is 13.0. The Morgan fingerprint density at radius 1 is 0.944 bits per heavy atom. The van der Waals surface area contributed by atoms with Gasteiger partial charge in [0, 0.05) is 23.0 Å². The zero-order valence-electron chi connectivity index (χ0n) is 20.4. The average Bonchev–Trinajstić information content (AvgIpc) is 2.82. The molecule has 0 unspecified atom stereocenters. The van der Waals surface area contributed by atoms with E-state index in [0.717, 1.165) is 15.6 Å². The van der Waals surface area contributed by atoms with Gasteiger partial charge in [-0.25, -0.2) is 0 Å². The number of amides is 2. The van der Waals surface area contributed by atoms with E-state index in [2.05, 4.69) is 21.2 Å². The lowest BCUT2D eigenvalue weighted by molar-refractivity contribution is -0.143. The van der Waals surface area contributed by atoms with Gasteiger partial charge in [-0.05, 0) is 68.3 Å². The smallest absolute Gasteiger partial charge is 0.261 e. The predicted octanol–water partition coefficient (Wildman–Crippen LogP) is 6.69. The van der Waals surface area contributed by atoms with Gasteiger partial charge in [0.05, 0.1) is 10.0 Å². The van der Waals surface area contributed by atoms with Gasteiger partial charge in [0.15, 0.2) is 6.61 Å². The number of carbonyl (C=O) groups excluding carboxylic acids is 2. The van der Waals surface area contributed by atoms with Gasteiger partial charge in [0.2, 0.25) is 5.91 Å². The molecule has 0 saturated carbocycles. The van der Waals surface area contributed by atoms with Crippen LogP contribution in [0.5, 0.6) is 5.75 Å². The molecule has 0 aliphatic carbocycles. The first-order valence-electron chi connectivity index (χ1n) is 11.5. The maximum Gasteiger partial charge on any atom is 0.261 e. The number of halogens is 3. The fourth-order valence-electron chi connectivity index (χ4n) is 3.60. The molecule has 1 atom stereocenters. The number of ether oxygens (including phenoxy) is 1. The zero-order chi connectivity index (χ0) is 26.3. The van der Waals surface area contributed by atoms with E-state index in [-0.39, 0.29) is 25.0 Å². The van der Waals surface area contributed by atoms with Crippen LogP contribution in [0.4, 0.5) is 0 Å². The molecule has 0 aliphatic rings. The van der Waals surface area contributed by atoms with Crippen molar-refractivity contribution in [1.82, 2.24) is 10.2 Å². The zero-order valence-corrected chi connectivity index (χ0v) is 23.5. The van der Waals surface area contributed by atoms with Crippen molar-refractivity contribution in [2.75, 3.05) is 6.61 Å². The highest BCUT2D eigenvalue weighted by molar-refractivity contribution is 9.10. The van der Waals surface area contributed by atoms with E-state index in [1.54, 1.807) is 35.2 Å². The summed E-state index contributed by atoms with van der Waals surface area (Å²) in [6.45, 7) is 5.66. The van der Waals surface area contributed by atoms with E-state index in [4.69, 9.17) is 27.9 Å². The summed E-state index contributed by atoms with van der Waals surface area (Å²) in [6.07, 6.45) is 0.341. The van der Waals surface area contributed by atoms with Crippen LogP contribution in [0, 0.1) is 0 Å². The number of benzene rings is 3. The highest BCUT2D eigenvalue weighted by Crippen LogP contribution is 2.25. The Bertz CT molecular complexity index is 1180. The molecule has 190 valence electrons.